The van der Waals surface area contributed by atoms with Gasteiger partial charge in [0.1, 0.15) is 17.9 Å². The predicted molar refractivity (Wildman–Crippen MR) is 61.0 cm³/mol. The normalized spacial score (nSPS) is 10.4. The SMILES string of the molecule is Cc1nc(C)n(-c2cc(C=O)ccc2C)n1. The number of hydrogen-bond donors (Lipinski definition) is 0. The maximum atomic E-state index is 10.7. The Hall–Kier alpha value is -1.97. The fourth-order valence-electron chi connectivity index (χ4n) is 1.68. The van der Waals surface area contributed by atoms with Crippen LogP contribution < -0.4 is 0 Å². The molecule has 0 N–H and O–H groups in total. The van der Waals surface area contributed by atoms with Gasteiger partial charge in [-0.3, -0.25) is 4.79 Å². The molecule has 2 aromatic rings. The van der Waals surface area contributed by atoms with Gasteiger partial charge in [-0.05, 0) is 32.4 Å². The van der Waals surface area contributed by atoms with Gasteiger partial charge in [-0.25, -0.2) is 9.67 Å². The Kier molecular flexibility index (Phi) is 2.56. The summed E-state index contributed by atoms with van der Waals surface area (Å²) in [6, 6.07) is 5.53. The van der Waals surface area contributed by atoms with Crippen LogP contribution in [0.15, 0.2) is 18.2 Å². The molecule has 0 atom stereocenters. The van der Waals surface area contributed by atoms with Crippen LogP contribution in [0.1, 0.15) is 27.6 Å². The Balaban J connectivity index is 2.62. The van der Waals surface area contributed by atoms with Crippen molar-refractivity contribution in [1.29, 1.82) is 0 Å². The molecule has 4 heteroatoms. The van der Waals surface area contributed by atoms with Crippen molar-refractivity contribution < 1.29 is 4.79 Å². The molecule has 2 rings (SSSR count). The van der Waals surface area contributed by atoms with Crippen LogP contribution in [0.2, 0.25) is 0 Å². The van der Waals surface area contributed by atoms with Gasteiger partial charge in [0.05, 0.1) is 5.69 Å². The molecule has 0 bridgehead atoms. The van der Waals surface area contributed by atoms with E-state index in [-0.39, 0.29) is 0 Å². The van der Waals surface area contributed by atoms with E-state index < -0.39 is 0 Å². The van der Waals surface area contributed by atoms with E-state index in [4.69, 9.17) is 0 Å². The van der Waals surface area contributed by atoms with E-state index in [1.54, 1.807) is 10.7 Å². The summed E-state index contributed by atoms with van der Waals surface area (Å²) in [5.74, 6) is 1.55. The number of aryl methyl sites for hydroxylation is 3. The molecule has 0 radical (unpaired) electrons. The summed E-state index contributed by atoms with van der Waals surface area (Å²) in [5.41, 5.74) is 2.62. The highest BCUT2D eigenvalue weighted by atomic mass is 16.1. The van der Waals surface area contributed by atoms with Crippen LogP contribution >= 0.6 is 0 Å². The van der Waals surface area contributed by atoms with Crippen LogP contribution in [0.5, 0.6) is 0 Å². The first-order chi connectivity index (χ1) is 7.61. The van der Waals surface area contributed by atoms with E-state index >= 15 is 0 Å². The van der Waals surface area contributed by atoms with Crippen LogP contribution in [0, 0.1) is 20.8 Å². The van der Waals surface area contributed by atoms with Crippen molar-refractivity contribution in [3.05, 3.63) is 41.0 Å². The fraction of sp³-hybridized carbons (Fsp3) is 0.250. The largest absolute Gasteiger partial charge is 0.298 e. The topological polar surface area (TPSA) is 47.8 Å². The zero-order valence-corrected chi connectivity index (χ0v) is 9.56. The molecule has 1 heterocycles. The number of nitrogens with zero attached hydrogens (tertiary/aromatic N) is 3. The van der Waals surface area contributed by atoms with Gasteiger partial charge in [0.15, 0.2) is 0 Å². The molecule has 0 fully saturated rings. The number of aromatic nitrogens is 3. The smallest absolute Gasteiger partial charge is 0.150 e. The molecule has 0 aliphatic rings. The zero-order chi connectivity index (χ0) is 11.7. The monoisotopic (exact) mass is 215 g/mol. The minimum absolute atomic E-state index is 0.646. The maximum absolute atomic E-state index is 10.7. The average molecular weight is 215 g/mol. The highest BCUT2D eigenvalue weighted by Crippen LogP contribution is 2.16. The van der Waals surface area contributed by atoms with Crippen molar-refractivity contribution in [2.45, 2.75) is 20.8 Å². The Bertz CT molecular complexity index is 543. The molecule has 0 unspecified atom stereocenters. The molecule has 0 aliphatic heterocycles. The van der Waals surface area contributed by atoms with E-state index in [2.05, 4.69) is 10.1 Å². The summed E-state index contributed by atoms with van der Waals surface area (Å²) in [5, 5.41) is 4.31. The molecular weight excluding hydrogens is 202 g/mol. The molecule has 0 saturated heterocycles. The number of benzene rings is 1. The summed E-state index contributed by atoms with van der Waals surface area (Å²) in [6.45, 7) is 5.73. The third-order valence-corrected chi connectivity index (χ3v) is 2.47. The molecular formula is C12H13N3O. The van der Waals surface area contributed by atoms with Crippen LogP contribution in [0.25, 0.3) is 5.69 Å². The number of aldehydes is 1. The second kappa shape index (κ2) is 3.89. The summed E-state index contributed by atoms with van der Waals surface area (Å²) >= 11 is 0. The molecule has 0 saturated carbocycles. The van der Waals surface area contributed by atoms with Gasteiger partial charge in [0.25, 0.3) is 0 Å². The lowest BCUT2D eigenvalue weighted by Crippen LogP contribution is -2.02. The quantitative estimate of drug-likeness (QED) is 0.720. The Morgan fingerprint density at radius 3 is 2.56 bits per heavy atom. The summed E-state index contributed by atoms with van der Waals surface area (Å²) < 4.78 is 1.76. The van der Waals surface area contributed by atoms with E-state index in [0.717, 1.165) is 29.2 Å². The van der Waals surface area contributed by atoms with Crippen molar-refractivity contribution in [1.82, 2.24) is 14.8 Å². The third-order valence-electron chi connectivity index (χ3n) is 2.47. The first-order valence-electron chi connectivity index (χ1n) is 5.08. The highest BCUT2D eigenvalue weighted by Gasteiger charge is 2.08. The maximum Gasteiger partial charge on any atom is 0.150 e. The highest BCUT2D eigenvalue weighted by molar-refractivity contribution is 5.76. The Morgan fingerprint density at radius 1 is 1.25 bits per heavy atom. The van der Waals surface area contributed by atoms with Crippen molar-refractivity contribution in [2.24, 2.45) is 0 Å². The second-order valence-electron chi connectivity index (χ2n) is 3.78. The Labute approximate surface area is 93.9 Å². The number of carbonyl (C=O) groups excluding carboxylic acids is 1. The van der Waals surface area contributed by atoms with Gasteiger partial charge in [0.2, 0.25) is 0 Å². The van der Waals surface area contributed by atoms with Gasteiger partial charge >= 0.3 is 0 Å². The lowest BCUT2D eigenvalue weighted by atomic mass is 10.1. The van der Waals surface area contributed by atoms with Gasteiger partial charge in [0, 0.05) is 5.56 Å². The standard InChI is InChI=1S/C12H13N3O/c1-8-4-5-11(7-16)6-12(8)15-10(3)13-9(2)14-15/h4-7H,1-3H3. The Morgan fingerprint density at radius 2 is 2.00 bits per heavy atom. The lowest BCUT2D eigenvalue weighted by Gasteiger charge is -2.07. The molecule has 1 aromatic heterocycles. The molecule has 0 amide bonds. The van der Waals surface area contributed by atoms with E-state index in [1.807, 2.05) is 32.9 Å². The number of rotatable bonds is 2. The van der Waals surface area contributed by atoms with Gasteiger partial charge < -0.3 is 0 Å². The molecule has 82 valence electrons. The van der Waals surface area contributed by atoms with E-state index in [1.165, 1.54) is 0 Å². The summed E-state index contributed by atoms with van der Waals surface area (Å²) in [4.78, 5) is 15.0. The van der Waals surface area contributed by atoms with Crippen LogP contribution in [-0.4, -0.2) is 21.1 Å². The van der Waals surface area contributed by atoms with E-state index in [0.29, 0.717) is 5.56 Å². The van der Waals surface area contributed by atoms with E-state index in [9.17, 15) is 4.79 Å². The minimum Gasteiger partial charge on any atom is -0.298 e. The molecule has 0 spiro atoms. The average Bonchev–Trinajstić information content (AvgIpc) is 2.58. The number of carbonyl (C=O) groups is 1. The predicted octanol–water partition coefficient (Wildman–Crippen LogP) is 2.01. The zero-order valence-electron chi connectivity index (χ0n) is 9.56. The van der Waals surface area contributed by atoms with Crippen LogP contribution in [0.3, 0.4) is 0 Å². The van der Waals surface area contributed by atoms with Crippen molar-refractivity contribution in [3.63, 3.8) is 0 Å². The molecule has 16 heavy (non-hydrogen) atoms. The van der Waals surface area contributed by atoms with Crippen LogP contribution in [0.4, 0.5) is 0 Å². The van der Waals surface area contributed by atoms with Gasteiger partial charge in [-0.1, -0.05) is 12.1 Å². The minimum atomic E-state index is 0.646. The van der Waals surface area contributed by atoms with Crippen molar-refractivity contribution in [2.75, 3.05) is 0 Å². The van der Waals surface area contributed by atoms with Gasteiger partial charge in [-0.2, -0.15) is 5.10 Å². The molecule has 1 aromatic carbocycles. The van der Waals surface area contributed by atoms with Crippen molar-refractivity contribution in [3.8, 4) is 5.69 Å². The fourth-order valence-corrected chi connectivity index (χ4v) is 1.68. The third kappa shape index (κ3) is 1.74. The van der Waals surface area contributed by atoms with Crippen molar-refractivity contribution >= 4 is 6.29 Å². The molecule has 0 aliphatic carbocycles. The first-order valence-corrected chi connectivity index (χ1v) is 5.08. The number of hydrogen-bond acceptors (Lipinski definition) is 3. The lowest BCUT2D eigenvalue weighted by molar-refractivity contribution is 0.112. The van der Waals surface area contributed by atoms with Crippen LogP contribution in [-0.2, 0) is 0 Å². The second-order valence-corrected chi connectivity index (χ2v) is 3.78. The summed E-state index contributed by atoms with van der Waals surface area (Å²) in [6.07, 6.45) is 0.835. The molecule has 4 nitrogen and oxygen atoms in total. The van der Waals surface area contributed by atoms with Gasteiger partial charge in [-0.15, -0.1) is 0 Å². The first kappa shape index (κ1) is 10.5. The summed E-state index contributed by atoms with van der Waals surface area (Å²) in [7, 11) is 0.